The van der Waals surface area contributed by atoms with Gasteiger partial charge in [0, 0.05) is 5.70 Å². The fraction of sp³-hybridized carbons (Fsp3) is 0.316. The summed E-state index contributed by atoms with van der Waals surface area (Å²) in [4.78, 5) is 12.2. The van der Waals surface area contributed by atoms with Crippen LogP contribution in [0.5, 0.6) is 0 Å². The molecule has 0 bridgehead atoms. The highest BCUT2D eigenvalue weighted by molar-refractivity contribution is 6.42. The van der Waals surface area contributed by atoms with Crippen molar-refractivity contribution in [1.82, 2.24) is 15.5 Å². The molecular weight excluding hydrogens is 405 g/mol. The standard InChI is InChI=1S/C19H19Cl2N3O4/c1-4-8-26-19(25)28-17-11(3)23-10(2)14(18-24-22-9-27-18)15(17)12-6-5-7-13(20)16(12)21/h5-7,9,15,23H,4,8H2,1-3H3. The lowest BCUT2D eigenvalue weighted by Crippen LogP contribution is -2.27. The molecule has 9 heteroatoms. The molecule has 1 N–H and O–H groups in total. The average molecular weight is 424 g/mol. The Morgan fingerprint density at radius 1 is 1.29 bits per heavy atom. The molecule has 28 heavy (non-hydrogen) atoms. The van der Waals surface area contributed by atoms with Crippen LogP contribution in [-0.4, -0.2) is 23.0 Å². The predicted molar refractivity (Wildman–Crippen MR) is 105 cm³/mol. The number of hydrogen-bond acceptors (Lipinski definition) is 7. The number of hydrogen-bond donors (Lipinski definition) is 1. The summed E-state index contributed by atoms with van der Waals surface area (Å²) in [6, 6.07) is 5.26. The number of carbonyl (C=O) groups is 1. The zero-order valence-electron chi connectivity index (χ0n) is 15.6. The molecule has 0 aliphatic carbocycles. The van der Waals surface area contributed by atoms with Crippen LogP contribution in [-0.2, 0) is 9.47 Å². The SMILES string of the molecule is CCCOC(=O)OC1=C(C)NC(C)=C(c2nnco2)C1c1cccc(Cl)c1Cl. The first-order valence-electron chi connectivity index (χ1n) is 8.67. The number of ether oxygens (including phenoxy) is 2. The number of rotatable bonds is 5. The van der Waals surface area contributed by atoms with Gasteiger partial charge in [-0.2, -0.15) is 0 Å². The van der Waals surface area contributed by atoms with Crippen molar-refractivity contribution < 1.29 is 18.7 Å². The lowest BCUT2D eigenvalue weighted by Gasteiger charge is -2.30. The normalized spacial score (nSPS) is 16.8. The van der Waals surface area contributed by atoms with E-state index in [1.165, 1.54) is 6.39 Å². The summed E-state index contributed by atoms with van der Waals surface area (Å²) in [6.07, 6.45) is 1.11. The number of nitrogens with zero attached hydrogens (tertiary/aromatic N) is 2. The minimum Gasteiger partial charge on any atom is -0.434 e. The Morgan fingerprint density at radius 3 is 2.75 bits per heavy atom. The third kappa shape index (κ3) is 4.00. The van der Waals surface area contributed by atoms with Gasteiger partial charge in [-0.1, -0.05) is 42.3 Å². The number of aromatic nitrogens is 2. The number of carbonyl (C=O) groups excluding carboxylic acids is 1. The first kappa shape index (κ1) is 20.2. The number of allylic oxidation sites excluding steroid dienone is 3. The van der Waals surface area contributed by atoms with E-state index in [-0.39, 0.29) is 12.5 Å². The van der Waals surface area contributed by atoms with Crippen molar-refractivity contribution in [1.29, 1.82) is 0 Å². The van der Waals surface area contributed by atoms with Gasteiger partial charge in [-0.3, -0.25) is 0 Å². The summed E-state index contributed by atoms with van der Waals surface area (Å²) in [5.41, 5.74) is 2.67. The molecule has 3 rings (SSSR count). The highest BCUT2D eigenvalue weighted by Crippen LogP contribution is 2.46. The molecular formula is C19H19Cl2N3O4. The Balaban J connectivity index is 2.12. The van der Waals surface area contributed by atoms with Gasteiger partial charge in [0.15, 0.2) is 0 Å². The Morgan fingerprint density at radius 2 is 2.07 bits per heavy atom. The molecule has 2 heterocycles. The minimum atomic E-state index is -0.800. The monoisotopic (exact) mass is 423 g/mol. The van der Waals surface area contributed by atoms with Gasteiger partial charge in [0.1, 0.15) is 5.76 Å². The van der Waals surface area contributed by atoms with Crippen LogP contribution in [0.2, 0.25) is 10.0 Å². The Labute approximate surface area is 172 Å². The van der Waals surface area contributed by atoms with Gasteiger partial charge >= 0.3 is 6.16 Å². The largest absolute Gasteiger partial charge is 0.513 e. The molecule has 0 spiro atoms. The molecule has 148 valence electrons. The van der Waals surface area contributed by atoms with E-state index >= 15 is 0 Å². The van der Waals surface area contributed by atoms with Crippen molar-refractivity contribution in [3.8, 4) is 0 Å². The highest BCUT2D eigenvalue weighted by Gasteiger charge is 2.37. The quantitative estimate of drug-likeness (QED) is 0.653. The fourth-order valence-corrected chi connectivity index (χ4v) is 3.45. The molecule has 0 amide bonds. The van der Waals surface area contributed by atoms with Gasteiger partial charge in [0.05, 0.1) is 33.8 Å². The maximum atomic E-state index is 12.2. The van der Waals surface area contributed by atoms with Crippen LogP contribution in [0, 0.1) is 0 Å². The maximum absolute atomic E-state index is 12.2. The second kappa shape index (κ2) is 8.67. The summed E-state index contributed by atoms with van der Waals surface area (Å²) in [5.74, 6) is 0.00714. The highest BCUT2D eigenvalue weighted by atomic mass is 35.5. The van der Waals surface area contributed by atoms with Gasteiger partial charge < -0.3 is 19.2 Å². The first-order valence-corrected chi connectivity index (χ1v) is 9.43. The summed E-state index contributed by atoms with van der Waals surface area (Å²) in [7, 11) is 0. The molecule has 1 unspecified atom stereocenters. The van der Waals surface area contributed by atoms with E-state index in [1.807, 2.05) is 19.9 Å². The van der Waals surface area contributed by atoms with Crippen LogP contribution in [0.25, 0.3) is 5.57 Å². The summed E-state index contributed by atoms with van der Waals surface area (Å²) in [6.45, 7) is 5.81. The van der Waals surface area contributed by atoms with Crippen LogP contribution in [0.4, 0.5) is 4.79 Å². The minimum absolute atomic E-state index is 0.257. The zero-order valence-corrected chi connectivity index (χ0v) is 17.1. The van der Waals surface area contributed by atoms with Crippen molar-refractivity contribution in [2.45, 2.75) is 33.1 Å². The van der Waals surface area contributed by atoms with E-state index < -0.39 is 12.1 Å². The van der Waals surface area contributed by atoms with Crippen LogP contribution < -0.4 is 5.32 Å². The summed E-state index contributed by atoms with van der Waals surface area (Å²) >= 11 is 12.7. The molecule has 0 saturated carbocycles. The van der Waals surface area contributed by atoms with Gasteiger partial charge in [0.25, 0.3) is 0 Å². The van der Waals surface area contributed by atoms with Crippen LogP contribution in [0.1, 0.15) is 44.6 Å². The Hall–Kier alpha value is -2.51. The third-order valence-electron chi connectivity index (χ3n) is 4.20. The van der Waals surface area contributed by atoms with Crippen LogP contribution in [0.15, 0.2) is 46.2 Å². The molecule has 1 atom stereocenters. The van der Waals surface area contributed by atoms with E-state index in [0.717, 1.165) is 5.70 Å². The van der Waals surface area contributed by atoms with Crippen molar-refractivity contribution in [2.75, 3.05) is 6.61 Å². The number of benzene rings is 1. The number of halogens is 2. The van der Waals surface area contributed by atoms with Gasteiger partial charge in [-0.15, -0.1) is 10.2 Å². The molecule has 1 aromatic carbocycles. The lowest BCUT2D eigenvalue weighted by molar-refractivity contribution is 0.0734. The maximum Gasteiger partial charge on any atom is 0.513 e. The molecule has 0 radical (unpaired) electrons. The van der Waals surface area contributed by atoms with Gasteiger partial charge in [-0.05, 0) is 31.9 Å². The Bertz CT molecular complexity index is 939. The zero-order chi connectivity index (χ0) is 20.3. The van der Waals surface area contributed by atoms with Gasteiger partial charge in [-0.25, -0.2) is 4.79 Å². The first-order chi connectivity index (χ1) is 13.4. The van der Waals surface area contributed by atoms with Crippen molar-refractivity contribution in [3.05, 3.63) is 63.2 Å². The number of dihydropyridines is 1. The van der Waals surface area contributed by atoms with E-state index in [9.17, 15) is 4.79 Å². The van der Waals surface area contributed by atoms with E-state index in [4.69, 9.17) is 37.1 Å². The fourth-order valence-electron chi connectivity index (χ4n) is 3.03. The molecule has 1 aliphatic rings. The van der Waals surface area contributed by atoms with E-state index in [1.54, 1.807) is 19.1 Å². The molecule has 0 saturated heterocycles. The van der Waals surface area contributed by atoms with Crippen molar-refractivity contribution in [2.24, 2.45) is 0 Å². The lowest BCUT2D eigenvalue weighted by atomic mass is 9.85. The predicted octanol–water partition coefficient (Wildman–Crippen LogP) is 5.29. The van der Waals surface area contributed by atoms with Crippen LogP contribution in [0.3, 0.4) is 0 Å². The Kier molecular flexibility index (Phi) is 6.26. The van der Waals surface area contributed by atoms with Crippen LogP contribution >= 0.6 is 23.2 Å². The van der Waals surface area contributed by atoms with Crippen molar-refractivity contribution in [3.63, 3.8) is 0 Å². The second-order valence-corrected chi connectivity index (χ2v) is 6.96. The second-order valence-electron chi connectivity index (χ2n) is 6.17. The van der Waals surface area contributed by atoms with Gasteiger partial charge in [0.2, 0.25) is 12.3 Å². The smallest absolute Gasteiger partial charge is 0.434 e. The molecule has 7 nitrogen and oxygen atoms in total. The number of nitrogens with one attached hydrogen (secondary N) is 1. The molecule has 1 aromatic heterocycles. The average Bonchev–Trinajstić information content (AvgIpc) is 3.18. The van der Waals surface area contributed by atoms with E-state index in [0.29, 0.717) is 39.1 Å². The molecule has 1 aliphatic heterocycles. The topological polar surface area (TPSA) is 86.5 Å². The molecule has 2 aromatic rings. The van der Waals surface area contributed by atoms with Crippen molar-refractivity contribution >= 4 is 34.9 Å². The molecule has 0 fully saturated rings. The third-order valence-corrected chi connectivity index (χ3v) is 5.03. The summed E-state index contributed by atoms with van der Waals surface area (Å²) in [5, 5.41) is 11.7. The summed E-state index contributed by atoms with van der Waals surface area (Å²) < 4.78 is 16.1. The van der Waals surface area contributed by atoms with E-state index in [2.05, 4.69) is 15.5 Å².